The molecule has 1 N–H and O–H groups in total. The minimum atomic E-state index is -0.228. The van der Waals surface area contributed by atoms with E-state index in [0.29, 0.717) is 29.6 Å². The molecule has 8 heteroatoms. The van der Waals surface area contributed by atoms with Gasteiger partial charge in [-0.05, 0) is 35.4 Å². The normalized spacial score (nSPS) is 11.4. The third-order valence-corrected chi connectivity index (χ3v) is 6.86. The maximum absolute atomic E-state index is 12.9. The predicted octanol–water partition coefficient (Wildman–Crippen LogP) is 6.87. The number of halogens is 2. The highest BCUT2D eigenvalue weighted by molar-refractivity contribution is 9.10. The number of nitrogens with zero attached hydrogens (tertiary/aromatic N) is 4. The van der Waals surface area contributed by atoms with Crippen LogP contribution in [-0.2, 0) is 17.9 Å². The molecule has 0 radical (unpaired) electrons. The summed E-state index contributed by atoms with van der Waals surface area (Å²) in [7, 11) is 0. The van der Waals surface area contributed by atoms with Crippen LogP contribution in [0.5, 0.6) is 0 Å². The Bertz CT molecular complexity index is 1570. The van der Waals surface area contributed by atoms with E-state index in [-0.39, 0.29) is 12.5 Å². The lowest BCUT2D eigenvalue weighted by molar-refractivity contribution is -0.122. The van der Waals surface area contributed by atoms with Crippen LogP contribution in [0.3, 0.4) is 0 Å². The summed E-state index contributed by atoms with van der Waals surface area (Å²) in [5.74, 6) is 0.139. The van der Waals surface area contributed by atoms with Crippen molar-refractivity contribution in [1.82, 2.24) is 20.3 Å². The zero-order valence-corrected chi connectivity index (χ0v) is 23.3. The summed E-state index contributed by atoms with van der Waals surface area (Å²) < 4.78 is 0.913. The second-order valence-electron chi connectivity index (χ2n) is 8.98. The first kappa shape index (κ1) is 26.7. The minimum Gasteiger partial charge on any atom is -0.286 e. The van der Waals surface area contributed by atoms with Crippen molar-refractivity contribution < 1.29 is 4.79 Å². The van der Waals surface area contributed by atoms with E-state index in [4.69, 9.17) is 16.6 Å². The van der Waals surface area contributed by atoms with Gasteiger partial charge in [0.05, 0.1) is 24.0 Å². The largest absolute Gasteiger partial charge is 0.286 e. The van der Waals surface area contributed by atoms with Crippen molar-refractivity contribution in [2.45, 2.75) is 13.1 Å². The molecule has 0 unspecified atom stereocenters. The van der Waals surface area contributed by atoms with Gasteiger partial charge in [-0.1, -0.05) is 106 Å². The van der Waals surface area contributed by atoms with Gasteiger partial charge < -0.3 is 0 Å². The Kier molecular flexibility index (Phi) is 8.73. The summed E-state index contributed by atoms with van der Waals surface area (Å²) in [4.78, 5) is 24.3. The maximum atomic E-state index is 12.9. The van der Waals surface area contributed by atoms with E-state index < -0.39 is 0 Å². The third kappa shape index (κ3) is 7.15. The van der Waals surface area contributed by atoms with Crippen LogP contribution in [0, 0.1) is 0 Å². The Morgan fingerprint density at radius 1 is 0.872 bits per heavy atom. The van der Waals surface area contributed by atoms with Gasteiger partial charge in [-0.2, -0.15) is 5.10 Å². The van der Waals surface area contributed by atoms with Crippen LogP contribution in [0.15, 0.2) is 113 Å². The topological polar surface area (TPSA) is 70.5 Å². The van der Waals surface area contributed by atoms with Crippen LogP contribution < -0.4 is 5.43 Å². The quantitative estimate of drug-likeness (QED) is 0.149. The van der Waals surface area contributed by atoms with Crippen LogP contribution in [-0.4, -0.2) is 33.5 Å². The van der Waals surface area contributed by atoms with Crippen molar-refractivity contribution in [2.24, 2.45) is 5.10 Å². The molecule has 5 aromatic rings. The number of rotatable bonds is 9. The first-order valence-corrected chi connectivity index (χ1v) is 13.6. The molecule has 0 atom stereocenters. The van der Waals surface area contributed by atoms with Crippen molar-refractivity contribution in [3.8, 4) is 11.3 Å². The molecule has 0 saturated carbocycles. The van der Waals surface area contributed by atoms with Gasteiger partial charge in [0.1, 0.15) is 0 Å². The number of amides is 1. The Labute approximate surface area is 240 Å². The Morgan fingerprint density at radius 2 is 1.51 bits per heavy atom. The fraction of sp³-hybridized carbons (Fsp3) is 0.0968. The summed E-state index contributed by atoms with van der Waals surface area (Å²) >= 11 is 10.0. The first-order valence-electron chi connectivity index (χ1n) is 12.4. The summed E-state index contributed by atoms with van der Waals surface area (Å²) in [5.41, 5.74) is 7.13. The zero-order chi connectivity index (χ0) is 27.0. The summed E-state index contributed by atoms with van der Waals surface area (Å²) in [5, 5.41) is 5.62. The molecule has 0 bridgehead atoms. The molecule has 1 aromatic heterocycles. The molecule has 0 aliphatic rings. The number of fused-ring (bicyclic) bond motifs is 1. The van der Waals surface area contributed by atoms with Gasteiger partial charge in [0.25, 0.3) is 5.91 Å². The number of carbonyl (C=O) groups excluding carboxylic acids is 1. The molecule has 194 valence electrons. The van der Waals surface area contributed by atoms with Gasteiger partial charge in [-0.3, -0.25) is 9.69 Å². The molecule has 0 spiro atoms. The molecule has 0 fully saturated rings. The number of carbonyl (C=O) groups is 1. The van der Waals surface area contributed by atoms with E-state index in [0.717, 1.165) is 32.1 Å². The zero-order valence-electron chi connectivity index (χ0n) is 21.0. The molecule has 4 aromatic carbocycles. The molecule has 39 heavy (non-hydrogen) atoms. The first-order chi connectivity index (χ1) is 19.0. The van der Waals surface area contributed by atoms with Crippen LogP contribution >= 0.6 is 27.5 Å². The Hall–Kier alpha value is -3.91. The van der Waals surface area contributed by atoms with Crippen LogP contribution in [0.1, 0.15) is 17.0 Å². The number of benzene rings is 4. The van der Waals surface area contributed by atoms with Gasteiger partial charge in [0.15, 0.2) is 5.82 Å². The van der Waals surface area contributed by atoms with E-state index in [2.05, 4.69) is 60.6 Å². The number of hydrogen-bond acceptors (Lipinski definition) is 5. The molecule has 1 amide bonds. The molecule has 0 aliphatic carbocycles. The fourth-order valence-corrected chi connectivity index (χ4v) is 4.87. The van der Waals surface area contributed by atoms with Crippen LogP contribution in [0.25, 0.3) is 22.2 Å². The van der Waals surface area contributed by atoms with E-state index in [1.54, 1.807) is 0 Å². The van der Waals surface area contributed by atoms with E-state index in [1.807, 2.05) is 78.9 Å². The molecule has 5 rings (SSSR count). The monoisotopic (exact) mass is 597 g/mol. The smallest absolute Gasteiger partial charge is 0.254 e. The lowest BCUT2D eigenvalue weighted by Gasteiger charge is -2.21. The van der Waals surface area contributed by atoms with Crippen molar-refractivity contribution >= 4 is 50.6 Å². The van der Waals surface area contributed by atoms with Crippen molar-refractivity contribution in [1.29, 1.82) is 0 Å². The standard InChI is InChI=1S/C31H25BrClN5O/c32-24-15-16-28-26(17-24)31(25-13-7-8-14-27(25)33)36-29(35-28)18-34-37-30(39)21-38(19-22-9-3-1-4-10-22)20-23-11-5-2-6-12-23/h1-18H,19-21H2,(H,37,39)/b34-18+. The summed E-state index contributed by atoms with van der Waals surface area (Å²) in [6.07, 6.45) is 1.46. The highest BCUT2D eigenvalue weighted by atomic mass is 79.9. The highest BCUT2D eigenvalue weighted by Gasteiger charge is 2.14. The van der Waals surface area contributed by atoms with E-state index in [9.17, 15) is 4.79 Å². The highest BCUT2D eigenvalue weighted by Crippen LogP contribution is 2.32. The summed E-state index contributed by atoms with van der Waals surface area (Å²) in [6.45, 7) is 1.45. The van der Waals surface area contributed by atoms with Crippen molar-refractivity contribution in [3.63, 3.8) is 0 Å². The number of nitrogens with one attached hydrogen (secondary N) is 1. The van der Waals surface area contributed by atoms with Crippen LogP contribution in [0.2, 0.25) is 5.02 Å². The van der Waals surface area contributed by atoms with Gasteiger partial charge >= 0.3 is 0 Å². The number of aromatic nitrogens is 2. The van der Waals surface area contributed by atoms with Gasteiger partial charge in [0.2, 0.25) is 0 Å². The van der Waals surface area contributed by atoms with Crippen LogP contribution in [0.4, 0.5) is 0 Å². The minimum absolute atomic E-state index is 0.179. The second kappa shape index (κ2) is 12.8. The average Bonchev–Trinajstić information content (AvgIpc) is 2.94. The van der Waals surface area contributed by atoms with Gasteiger partial charge in [-0.15, -0.1) is 0 Å². The molecule has 6 nitrogen and oxygen atoms in total. The molecule has 0 saturated heterocycles. The lowest BCUT2D eigenvalue weighted by atomic mass is 10.1. The van der Waals surface area contributed by atoms with Gasteiger partial charge in [-0.25, -0.2) is 15.4 Å². The molecular formula is C31H25BrClN5O. The predicted molar refractivity (Wildman–Crippen MR) is 160 cm³/mol. The van der Waals surface area contributed by atoms with E-state index in [1.165, 1.54) is 6.21 Å². The SMILES string of the molecule is O=C(CN(Cc1ccccc1)Cc1ccccc1)N/N=C/c1nc(-c2ccccc2Cl)c2cc(Br)ccc2n1. The Balaban J connectivity index is 1.33. The third-order valence-electron chi connectivity index (χ3n) is 6.04. The fourth-order valence-electron chi connectivity index (χ4n) is 4.29. The van der Waals surface area contributed by atoms with Crippen molar-refractivity contribution in [2.75, 3.05) is 6.54 Å². The van der Waals surface area contributed by atoms with Gasteiger partial charge in [0, 0.05) is 33.5 Å². The molecule has 0 aliphatic heterocycles. The Morgan fingerprint density at radius 3 is 2.18 bits per heavy atom. The maximum Gasteiger partial charge on any atom is 0.254 e. The molecular weight excluding hydrogens is 574 g/mol. The average molecular weight is 599 g/mol. The number of hydrogen-bond donors (Lipinski definition) is 1. The summed E-state index contributed by atoms with van der Waals surface area (Å²) in [6, 6.07) is 33.5. The molecule has 1 heterocycles. The second-order valence-corrected chi connectivity index (χ2v) is 10.3. The van der Waals surface area contributed by atoms with Crippen molar-refractivity contribution in [3.05, 3.63) is 130 Å². The number of hydrazone groups is 1. The lowest BCUT2D eigenvalue weighted by Crippen LogP contribution is -2.34. The van der Waals surface area contributed by atoms with E-state index >= 15 is 0 Å².